The first-order chi connectivity index (χ1) is 9.31. The Bertz CT molecular complexity index is 634. The summed E-state index contributed by atoms with van der Waals surface area (Å²) < 4.78 is 5.56. The SMILES string of the molecule is O=C(NC1CC2OCCC12)c1ccc2cc[nH]c2c1. The fraction of sp³-hybridized carbons (Fsp3) is 0.400. The number of amides is 1. The van der Waals surface area contributed by atoms with Crippen molar-refractivity contribution >= 4 is 16.8 Å². The smallest absolute Gasteiger partial charge is 0.251 e. The van der Waals surface area contributed by atoms with Crippen LogP contribution in [0.3, 0.4) is 0 Å². The molecule has 1 aliphatic carbocycles. The average Bonchev–Trinajstić information content (AvgIpc) is 3.00. The van der Waals surface area contributed by atoms with Crippen molar-refractivity contribution in [3.8, 4) is 0 Å². The number of aromatic nitrogens is 1. The summed E-state index contributed by atoms with van der Waals surface area (Å²) in [4.78, 5) is 15.4. The molecule has 98 valence electrons. The quantitative estimate of drug-likeness (QED) is 0.864. The number of carbonyl (C=O) groups is 1. The highest BCUT2D eigenvalue weighted by Gasteiger charge is 2.45. The molecule has 2 aromatic rings. The summed E-state index contributed by atoms with van der Waals surface area (Å²) in [6, 6.07) is 8.06. The molecule has 2 heterocycles. The molecule has 3 atom stereocenters. The Morgan fingerprint density at radius 3 is 3.21 bits per heavy atom. The van der Waals surface area contributed by atoms with Crippen LogP contribution in [0.15, 0.2) is 30.5 Å². The van der Waals surface area contributed by atoms with Gasteiger partial charge in [-0.3, -0.25) is 4.79 Å². The van der Waals surface area contributed by atoms with Crippen LogP contribution in [0.2, 0.25) is 0 Å². The summed E-state index contributed by atoms with van der Waals surface area (Å²) in [7, 11) is 0. The third kappa shape index (κ3) is 1.75. The molecule has 4 rings (SSSR count). The van der Waals surface area contributed by atoms with E-state index in [1.807, 2.05) is 30.5 Å². The van der Waals surface area contributed by atoms with E-state index >= 15 is 0 Å². The molecule has 0 spiro atoms. The summed E-state index contributed by atoms with van der Waals surface area (Å²) in [5, 5.41) is 4.26. The maximum absolute atomic E-state index is 12.2. The highest BCUT2D eigenvalue weighted by molar-refractivity contribution is 5.98. The van der Waals surface area contributed by atoms with E-state index < -0.39 is 0 Å². The van der Waals surface area contributed by atoms with E-state index in [9.17, 15) is 4.79 Å². The van der Waals surface area contributed by atoms with Gasteiger partial charge < -0.3 is 15.0 Å². The fourth-order valence-corrected chi connectivity index (χ4v) is 3.20. The predicted octanol–water partition coefficient (Wildman–Crippen LogP) is 2.08. The molecule has 0 radical (unpaired) electrons. The Hall–Kier alpha value is -1.81. The lowest BCUT2D eigenvalue weighted by molar-refractivity contribution is 0.00810. The molecule has 2 fully saturated rings. The van der Waals surface area contributed by atoms with Gasteiger partial charge >= 0.3 is 0 Å². The molecule has 2 N–H and O–H groups in total. The first-order valence-corrected chi connectivity index (χ1v) is 6.81. The van der Waals surface area contributed by atoms with Gasteiger partial charge in [0.05, 0.1) is 6.10 Å². The zero-order valence-corrected chi connectivity index (χ0v) is 10.6. The first kappa shape index (κ1) is 11.1. The lowest BCUT2D eigenvalue weighted by Gasteiger charge is -2.39. The molecule has 4 heteroatoms. The van der Waals surface area contributed by atoms with Crippen LogP contribution in [0.1, 0.15) is 23.2 Å². The maximum Gasteiger partial charge on any atom is 0.251 e. The van der Waals surface area contributed by atoms with E-state index in [-0.39, 0.29) is 5.91 Å². The third-order valence-electron chi connectivity index (χ3n) is 4.40. The van der Waals surface area contributed by atoms with Crippen LogP contribution in [0.25, 0.3) is 10.9 Å². The van der Waals surface area contributed by atoms with Gasteiger partial charge in [-0.1, -0.05) is 6.07 Å². The standard InChI is InChI=1S/C15H16N2O2/c18-15(17-13-8-14-11(13)4-6-19-14)10-2-1-9-3-5-16-12(9)7-10/h1-3,5,7,11,13-14,16H,4,6,8H2,(H,17,18). The molecule has 4 nitrogen and oxygen atoms in total. The molecule has 19 heavy (non-hydrogen) atoms. The normalized spacial score (nSPS) is 28.9. The van der Waals surface area contributed by atoms with Gasteiger partial charge in [0.2, 0.25) is 0 Å². The number of rotatable bonds is 2. The predicted molar refractivity (Wildman–Crippen MR) is 72.0 cm³/mol. The number of hydrogen-bond donors (Lipinski definition) is 2. The van der Waals surface area contributed by atoms with Crippen LogP contribution in [0.5, 0.6) is 0 Å². The van der Waals surface area contributed by atoms with Crippen molar-refractivity contribution in [1.29, 1.82) is 0 Å². The van der Waals surface area contributed by atoms with Crippen LogP contribution in [0.4, 0.5) is 0 Å². The average molecular weight is 256 g/mol. The monoisotopic (exact) mass is 256 g/mol. The van der Waals surface area contributed by atoms with E-state index in [4.69, 9.17) is 4.74 Å². The van der Waals surface area contributed by atoms with Gasteiger partial charge in [-0.05, 0) is 36.4 Å². The number of benzene rings is 1. The molecule has 1 aliphatic heterocycles. The van der Waals surface area contributed by atoms with Crippen molar-refractivity contribution < 1.29 is 9.53 Å². The molecule has 1 saturated heterocycles. The number of hydrogen-bond acceptors (Lipinski definition) is 2. The van der Waals surface area contributed by atoms with Crippen LogP contribution < -0.4 is 5.32 Å². The van der Waals surface area contributed by atoms with E-state index in [2.05, 4.69) is 10.3 Å². The molecule has 3 unspecified atom stereocenters. The molecule has 1 aromatic heterocycles. The zero-order chi connectivity index (χ0) is 12.8. The molecule has 2 aliphatic rings. The van der Waals surface area contributed by atoms with Crippen molar-refractivity contribution in [3.63, 3.8) is 0 Å². The topological polar surface area (TPSA) is 54.1 Å². The van der Waals surface area contributed by atoms with Crippen molar-refractivity contribution in [1.82, 2.24) is 10.3 Å². The number of fused-ring (bicyclic) bond motifs is 2. The number of aromatic amines is 1. The van der Waals surface area contributed by atoms with Crippen molar-refractivity contribution in [3.05, 3.63) is 36.0 Å². The lowest BCUT2D eigenvalue weighted by Crippen LogP contribution is -2.53. The van der Waals surface area contributed by atoms with Crippen LogP contribution >= 0.6 is 0 Å². The number of ether oxygens (including phenoxy) is 1. The van der Waals surface area contributed by atoms with E-state index in [1.54, 1.807) is 0 Å². The van der Waals surface area contributed by atoms with Crippen LogP contribution in [-0.2, 0) is 4.74 Å². The Kier molecular flexibility index (Phi) is 2.38. The molecule has 1 saturated carbocycles. The summed E-state index contributed by atoms with van der Waals surface area (Å²) >= 11 is 0. The molecular formula is C15H16N2O2. The molecular weight excluding hydrogens is 240 g/mol. The second-order valence-corrected chi connectivity index (χ2v) is 5.46. The van der Waals surface area contributed by atoms with Gasteiger partial charge in [0.25, 0.3) is 5.91 Å². The summed E-state index contributed by atoms with van der Waals surface area (Å²) in [5.74, 6) is 0.546. The van der Waals surface area contributed by atoms with Crippen molar-refractivity contribution in [2.75, 3.05) is 6.61 Å². The van der Waals surface area contributed by atoms with Crippen molar-refractivity contribution in [2.24, 2.45) is 5.92 Å². The fourth-order valence-electron chi connectivity index (χ4n) is 3.20. The van der Waals surface area contributed by atoms with Crippen LogP contribution in [0, 0.1) is 5.92 Å². The second kappa shape index (κ2) is 4.10. The number of H-pyrrole nitrogens is 1. The van der Waals surface area contributed by atoms with Crippen molar-refractivity contribution in [2.45, 2.75) is 25.0 Å². The molecule has 1 aromatic carbocycles. The van der Waals surface area contributed by atoms with Gasteiger partial charge in [0.1, 0.15) is 0 Å². The van der Waals surface area contributed by atoms with Gasteiger partial charge in [-0.15, -0.1) is 0 Å². The largest absolute Gasteiger partial charge is 0.378 e. The minimum atomic E-state index is 0.0202. The van der Waals surface area contributed by atoms with Gasteiger partial charge in [0, 0.05) is 35.8 Å². The zero-order valence-electron chi connectivity index (χ0n) is 10.6. The van der Waals surface area contributed by atoms with Gasteiger partial charge in [-0.2, -0.15) is 0 Å². The van der Waals surface area contributed by atoms with Crippen LogP contribution in [-0.4, -0.2) is 29.6 Å². The maximum atomic E-state index is 12.2. The molecule has 0 bridgehead atoms. The number of carbonyl (C=O) groups excluding carboxylic acids is 1. The Balaban J connectivity index is 1.50. The third-order valence-corrected chi connectivity index (χ3v) is 4.40. The van der Waals surface area contributed by atoms with Gasteiger partial charge in [-0.25, -0.2) is 0 Å². The summed E-state index contributed by atoms with van der Waals surface area (Å²) in [6.07, 6.45) is 4.31. The minimum absolute atomic E-state index is 0.0202. The summed E-state index contributed by atoms with van der Waals surface area (Å²) in [5.41, 5.74) is 1.72. The highest BCUT2D eigenvalue weighted by Crippen LogP contribution is 2.38. The van der Waals surface area contributed by atoms with E-state index in [0.29, 0.717) is 18.1 Å². The van der Waals surface area contributed by atoms with E-state index in [1.165, 1.54) is 0 Å². The highest BCUT2D eigenvalue weighted by atomic mass is 16.5. The number of nitrogens with one attached hydrogen (secondary N) is 2. The molecule has 1 amide bonds. The first-order valence-electron chi connectivity index (χ1n) is 6.81. The van der Waals surface area contributed by atoms with E-state index in [0.717, 1.165) is 35.9 Å². The Labute approximate surface area is 111 Å². The van der Waals surface area contributed by atoms with Gasteiger partial charge in [0.15, 0.2) is 0 Å². The Morgan fingerprint density at radius 2 is 2.32 bits per heavy atom. The minimum Gasteiger partial charge on any atom is -0.378 e. The lowest BCUT2D eigenvalue weighted by atomic mass is 9.76. The second-order valence-electron chi connectivity index (χ2n) is 5.46. The summed E-state index contributed by atoms with van der Waals surface area (Å²) in [6.45, 7) is 0.843. The Morgan fingerprint density at radius 1 is 1.37 bits per heavy atom.